The Morgan fingerprint density at radius 2 is 1.64 bits per heavy atom. The Morgan fingerprint density at radius 3 is 2.29 bits per heavy atom. The standard InChI is InChI=1S/C21H25BrN2O4/c1-12(2)27-19-9-7-16(22)11-18(19)21(26)24-23-20(25)15(5)28-17-8-6-13(3)14(4)10-17/h6-12,15H,1-5H3,(H,23,25)(H,24,26). The Balaban J connectivity index is 1.99. The zero-order chi connectivity index (χ0) is 20.8. The second-order valence-electron chi connectivity index (χ2n) is 6.76. The van der Waals surface area contributed by atoms with E-state index in [1.165, 1.54) is 0 Å². The molecule has 2 amide bonds. The summed E-state index contributed by atoms with van der Waals surface area (Å²) in [5.74, 6) is 0.0812. The third-order valence-electron chi connectivity index (χ3n) is 4.01. The molecule has 2 aromatic carbocycles. The molecule has 0 radical (unpaired) electrons. The highest BCUT2D eigenvalue weighted by Crippen LogP contribution is 2.24. The van der Waals surface area contributed by atoms with Gasteiger partial charge in [0.1, 0.15) is 11.5 Å². The normalized spacial score (nSPS) is 11.7. The molecule has 0 heterocycles. The third kappa shape index (κ3) is 5.99. The fourth-order valence-corrected chi connectivity index (χ4v) is 2.73. The van der Waals surface area contributed by atoms with E-state index in [9.17, 15) is 9.59 Å². The number of hydrogen-bond acceptors (Lipinski definition) is 4. The number of hydrazine groups is 1. The number of amides is 2. The maximum absolute atomic E-state index is 12.5. The Hall–Kier alpha value is -2.54. The van der Waals surface area contributed by atoms with Crippen LogP contribution in [0.4, 0.5) is 0 Å². The lowest BCUT2D eigenvalue weighted by molar-refractivity contribution is -0.128. The first-order valence-corrected chi connectivity index (χ1v) is 9.77. The fraction of sp³-hybridized carbons (Fsp3) is 0.333. The highest BCUT2D eigenvalue weighted by atomic mass is 79.9. The largest absolute Gasteiger partial charge is 0.490 e. The molecule has 0 aromatic heterocycles. The maximum Gasteiger partial charge on any atom is 0.279 e. The van der Waals surface area contributed by atoms with E-state index >= 15 is 0 Å². The van der Waals surface area contributed by atoms with Gasteiger partial charge in [-0.15, -0.1) is 0 Å². The summed E-state index contributed by atoms with van der Waals surface area (Å²) in [7, 11) is 0. The second kappa shape index (κ2) is 9.59. The summed E-state index contributed by atoms with van der Waals surface area (Å²) in [6, 6.07) is 10.7. The van der Waals surface area contributed by atoms with Gasteiger partial charge in [-0.25, -0.2) is 0 Å². The minimum atomic E-state index is -0.781. The lowest BCUT2D eigenvalue weighted by atomic mass is 10.1. The molecule has 0 spiro atoms. The van der Waals surface area contributed by atoms with Gasteiger partial charge < -0.3 is 9.47 Å². The van der Waals surface area contributed by atoms with Crippen LogP contribution < -0.4 is 20.3 Å². The molecule has 1 atom stereocenters. The lowest BCUT2D eigenvalue weighted by Gasteiger charge is -2.17. The van der Waals surface area contributed by atoms with Crippen LogP contribution in [-0.2, 0) is 4.79 Å². The van der Waals surface area contributed by atoms with Crippen molar-refractivity contribution in [2.75, 3.05) is 0 Å². The molecule has 0 aliphatic rings. The smallest absolute Gasteiger partial charge is 0.279 e. The van der Waals surface area contributed by atoms with Gasteiger partial charge in [-0.1, -0.05) is 22.0 Å². The predicted octanol–water partition coefficient (Wildman–Crippen LogP) is 4.08. The van der Waals surface area contributed by atoms with Crippen LogP contribution in [-0.4, -0.2) is 24.0 Å². The van der Waals surface area contributed by atoms with E-state index in [2.05, 4.69) is 26.8 Å². The molecular formula is C21H25BrN2O4. The van der Waals surface area contributed by atoms with E-state index in [0.717, 1.165) is 15.6 Å². The molecule has 0 saturated heterocycles. The van der Waals surface area contributed by atoms with Gasteiger partial charge in [0.15, 0.2) is 6.10 Å². The van der Waals surface area contributed by atoms with Gasteiger partial charge >= 0.3 is 0 Å². The van der Waals surface area contributed by atoms with Crippen LogP contribution in [0, 0.1) is 13.8 Å². The van der Waals surface area contributed by atoms with E-state index < -0.39 is 17.9 Å². The van der Waals surface area contributed by atoms with Crippen LogP contribution in [0.3, 0.4) is 0 Å². The van der Waals surface area contributed by atoms with E-state index in [1.54, 1.807) is 25.1 Å². The third-order valence-corrected chi connectivity index (χ3v) is 4.50. The van der Waals surface area contributed by atoms with Gasteiger partial charge in [-0.3, -0.25) is 20.4 Å². The summed E-state index contributed by atoms with van der Waals surface area (Å²) in [6.45, 7) is 9.34. The van der Waals surface area contributed by atoms with Crippen LogP contribution in [0.25, 0.3) is 0 Å². The Morgan fingerprint density at radius 1 is 0.929 bits per heavy atom. The van der Waals surface area contributed by atoms with Crippen molar-refractivity contribution in [2.24, 2.45) is 0 Å². The molecule has 0 aliphatic carbocycles. The van der Waals surface area contributed by atoms with Crippen molar-refractivity contribution < 1.29 is 19.1 Å². The van der Waals surface area contributed by atoms with Crippen molar-refractivity contribution in [2.45, 2.75) is 46.8 Å². The molecule has 2 aromatic rings. The van der Waals surface area contributed by atoms with Crippen LogP contribution in [0.5, 0.6) is 11.5 Å². The number of benzene rings is 2. The zero-order valence-corrected chi connectivity index (χ0v) is 18.2. The maximum atomic E-state index is 12.5. The van der Waals surface area contributed by atoms with E-state index in [0.29, 0.717) is 17.1 Å². The summed E-state index contributed by atoms with van der Waals surface area (Å²) in [4.78, 5) is 24.8. The van der Waals surface area contributed by atoms with Crippen molar-refractivity contribution in [1.82, 2.24) is 10.9 Å². The molecule has 28 heavy (non-hydrogen) atoms. The molecule has 0 fully saturated rings. The first-order valence-electron chi connectivity index (χ1n) is 8.97. The average Bonchev–Trinajstić information content (AvgIpc) is 2.63. The highest BCUT2D eigenvalue weighted by Gasteiger charge is 2.18. The molecule has 1 unspecified atom stereocenters. The van der Waals surface area contributed by atoms with Crippen molar-refractivity contribution in [3.05, 3.63) is 57.6 Å². The van der Waals surface area contributed by atoms with E-state index in [-0.39, 0.29) is 6.10 Å². The Labute approximate surface area is 173 Å². The molecule has 0 bridgehead atoms. The van der Waals surface area contributed by atoms with Gasteiger partial charge in [0, 0.05) is 4.47 Å². The monoisotopic (exact) mass is 448 g/mol. The molecular weight excluding hydrogens is 424 g/mol. The number of halogens is 1. The zero-order valence-electron chi connectivity index (χ0n) is 16.6. The molecule has 2 rings (SSSR count). The number of carbonyl (C=O) groups is 2. The van der Waals surface area contributed by atoms with Crippen LogP contribution in [0.2, 0.25) is 0 Å². The first-order chi connectivity index (χ1) is 13.2. The quantitative estimate of drug-likeness (QED) is 0.652. The number of aryl methyl sites for hydroxylation is 2. The van der Waals surface area contributed by atoms with Crippen molar-refractivity contribution in [3.8, 4) is 11.5 Å². The van der Waals surface area contributed by atoms with Gasteiger partial charge in [0.25, 0.3) is 11.8 Å². The fourth-order valence-electron chi connectivity index (χ4n) is 2.37. The van der Waals surface area contributed by atoms with Crippen molar-refractivity contribution in [1.29, 1.82) is 0 Å². The van der Waals surface area contributed by atoms with Crippen LogP contribution in [0.1, 0.15) is 42.3 Å². The Kier molecular flexibility index (Phi) is 7.45. The Bertz CT molecular complexity index is 867. The molecule has 6 nitrogen and oxygen atoms in total. The van der Waals surface area contributed by atoms with E-state index in [1.807, 2.05) is 45.9 Å². The van der Waals surface area contributed by atoms with Crippen LogP contribution in [0.15, 0.2) is 40.9 Å². The van der Waals surface area contributed by atoms with E-state index in [4.69, 9.17) is 9.47 Å². The topological polar surface area (TPSA) is 76.7 Å². The molecule has 150 valence electrons. The molecule has 2 N–H and O–H groups in total. The summed E-state index contributed by atoms with van der Waals surface area (Å²) >= 11 is 3.34. The predicted molar refractivity (Wildman–Crippen MR) is 112 cm³/mol. The van der Waals surface area contributed by atoms with Gasteiger partial charge in [-0.05, 0) is 76.1 Å². The number of nitrogens with one attached hydrogen (secondary N) is 2. The summed E-state index contributed by atoms with van der Waals surface area (Å²) < 4.78 is 12.0. The summed E-state index contributed by atoms with van der Waals surface area (Å²) in [6.07, 6.45) is -0.870. The number of carbonyl (C=O) groups excluding carboxylic acids is 2. The minimum absolute atomic E-state index is 0.0892. The highest BCUT2D eigenvalue weighted by molar-refractivity contribution is 9.10. The number of rotatable bonds is 6. The molecule has 7 heteroatoms. The van der Waals surface area contributed by atoms with Gasteiger partial charge in [-0.2, -0.15) is 0 Å². The minimum Gasteiger partial charge on any atom is -0.490 e. The second-order valence-corrected chi connectivity index (χ2v) is 7.67. The van der Waals surface area contributed by atoms with Crippen LogP contribution >= 0.6 is 15.9 Å². The first kappa shape index (κ1) is 21.8. The average molecular weight is 449 g/mol. The van der Waals surface area contributed by atoms with Gasteiger partial charge in [0.05, 0.1) is 11.7 Å². The summed E-state index contributed by atoms with van der Waals surface area (Å²) in [5, 5.41) is 0. The van der Waals surface area contributed by atoms with Crippen molar-refractivity contribution >= 4 is 27.7 Å². The number of hydrogen-bond donors (Lipinski definition) is 2. The lowest BCUT2D eigenvalue weighted by Crippen LogP contribution is -2.47. The SMILES string of the molecule is Cc1ccc(OC(C)C(=O)NNC(=O)c2cc(Br)ccc2OC(C)C)cc1C. The van der Waals surface area contributed by atoms with Crippen molar-refractivity contribution in [3.63, 3.8) is 0 Å². The molecule has 0 aliphatic heterocycles. The van der Waals surface area contributed by atoms with Gasteiger partial charge in [0.2, 0.25) is 0 Å². The summed E-state index contributed by atoms with van der Waals surface area (Å²) in [5.41, 5.74) is 7.33. The number of ether oxygens (including phenoxy) is 2. The molecule has 0 saturated carbocycles.